The first-order chi connectivity index (χ1) is 50.6. The van der Waals surface area contributed by atoms with Crippen molar-refractivity contribution in [2.45, 2.75) is 177 Å². The number of rotatable bonds is 41. The van der Waals surface area contributed by atoms with E-state index in [0.29, 0.717) is 49.0 Å². The number of aliphatic hydroxyl groups is 1. The zero-order valence-corrected chi connectivity index (χ0v) is 63.4. The Balaban J connectivity index is 1.26. The molecule has 12 amide bonds. The first kappa shape index (κ1) is 88.1. The smallest absolute Gasteiger partial charge is 0.327 e. The van der Waals surface area contributed by atoms with Crippen molar-refractivity contribution < 1.29 is 77.6 Å². The van der Waals surface area contributed by atoms with Crippen LogP contribution in [0.5, 0.6) is 5.75 Å². The number of amides is 12. The first-order valence-corrected chi connectivity index (χ1v) is 36.7. The van der Waals surface area contributed by atoms with Gasteiger partial charge in [-0.05, 0) is 126 Å². The van der Waals surface area contributed by atoms with Crippen LogP contribution in [0.4, 0.5) is 0 Å². The molecule has 3 aromatic rings. The lowest BCUT2D eigenvalue weighted by molar-refractivity contribution is -0.146. The molecule has 2 heterocycles. The van der Waals surface area contributed by atoms with E-state index in [9.17, 15) is 77.6 Å². The molecule has 107 heavy (non-hydrogen) atoms. The molecule has 588 valence electrons. The number of nitrogens with zero attached hydrogens (tertiary/aromatic N) is 4. The number of carbonyl (C=O) groups excluding carboxylic acids is 12. The Morgan fingerprint density at radius 3 is 1.79 bits per heavy atom. The summed E-state index contributed by atoms with van der Waals surface area (Å²) in [5.74, 6) is -11.6. The lowest BCUT2D eigenvalue weighted by Gasteiger charge is -2.33. The number of nitrogens with two attached hydrogens (primary N) is 3. The molecule has 2 fully saturated rings. The van der Waals surface area contributed by atoms with E-state index < -0.39 is 168 Å². The summed E-state index contributed by atoms with van der Waals surface area (Å²) in [5.41, 5.74) is 18.8. The van der Waals surface area contributed by atoms with E-state index in [0.717, 1.165) is 16.2 Å². The number of carboxylic acids is 1. The van der Waals surface area contributed by atoms with E-state index in [1.807, 2.05) is 13.8 Å². The predicted octanol–water partition coefficient (Wildman–Crippen LogP) is -2.76. The number of nitrogens with one attached hydrogen (secondary N) is 10. The summed E-state index contributed by atoms with van der Waals surface area (Å²) in [4.78, 5) is 188. The van der Waals surface area contributed by atoms with Gasteiger partial charge in [0.2, 0.25) is 70.9 Å². The van der Waals surface area contributed by atoms with Crippen molar-refractivity contribution in [1.82, 2.24) is 67.9 Å². The van der Waals surface area contributed by atoms with Crippen LogP contribution in [0.1, 0.15) is 103 Å². The summed E-state index contributed by atoms with van der Waals surface area (Å²) in [7, 11) is 2.66. The van der Waals surface area contributed by atoms with E-state index in [2.05, 4.69) is 83.4 Å². The number of aliphatic carboxylic acids is 1. The molecule has 0 aliphatic carbocycles. The molecule has 1 unspecified atom stereocenters. The highest BCUT2D eigenvalue weighted by molar-refractivity contribution is 7.81. The number of likely N-dealkylation sites (N-methyl/N-ethyl adjacent to an activating group) is 2. The number of guanidine groups is 1. The van der Waals surface area contributed by atoms with Gasteiger partial charge in [0.25, 0.3) is 0 Å². The molecule has 19 N–H and O–H groups in total. The van der Waals surface area contributed by atoms with Gasteiger partial charge in [0.1, 0.15) is 60.1 Å². The number of aromatic hydroxyl groups is 1. The third-order valence-corrected chi connectivity index (χ3v) is 18.8. The number of likely N-dealkylation sites (tertiary alicyclic amines) is 1. The summed E-state index contributed by atoms with van der Waals surface area (Å²) >= 11 is 8.63. The molecule has 0 spiro atoms. The Morgan fingerprint density at radius 2 is 1.23 bits per heavy atom. The second kappa shape index (κ2) is 43.3. The second-order valence-electron chi connectivity index (χ2n) is 28.0. The zero-order valence-electron chi connectivity index (χ0n) is 61.6. The fourth-order valence-corrected chi connectivity index (χ4v) is 12.6. The van der Waals surface area contributed by atoms with Crippen LogP contribution in [0.15, 0.2) is 89.9 Å². The van der Waals surface area contributed by atoms with Crippen molar-refractivity contribution in [1.29, 1.82) is 0 Å². The van der Waals surface area contributed by atoms with Crippen molar-refractivity contribution in [2.75, 3.05) is 65.7 Å². The summed E-state index contributed by atoms with van der Waals surface area (Å²) < 4.78 is -1.35. The quantitative estimate of drug-likeness (QED) is 0.0118. The summed E-state index contributed by atoms with van der Waals surface area (Å²) in [6, 6.07) is 10.0. The topological polar surface area (TPSA) is 503 Å². The summed E-state index contributed by atoms with van der Waals surface area (Å²) in [6.07, 6.45) is 0.858. The highest BCUT2D eigenvalue weighted by Crippen LogP contribution is 2.24. The van der Waals surface area contributed by atoms with Gasteiger partial charge in [-0.1, -0.05) is 86.6 Å². The molecule has 35 heteroatoms. The Morgan fingerprint density at radius 1 is 0.664 bits per heavy atom. The third kappa shape index (κ3) is 29.3. The fourth-order valence-electron chi connectivity index (χ4n) is 12.2. The maximum absolute atomic E-state index is 14.6. The van der Waals surface area contributed by atoms with Crippen LogP contribution < -0.4 is 70.4 Å². The Hall–Kier alpha value is -9.58. The molecule has 5 rings (SSSR count). The van der Waals surface area contributed by atoms with Gasteiger partial charge in [-0.15, -0.1) is 0 Å². The number of thiol groups is 2. The summed E-state index contributed by atoms with van der Waals surface area (Å²) in [5, 5.41) is 57.2. The van der Waals surface area contributed by atoms with Gasteiger partial charge in [0, 0.05) is 56.9 Å². The number of aliphatic hydroxyl groups excluding tert-OH is 1. The Kier molecular flexibility index (Phi) is 35.6. The molecule has 0 aromatic heterocycles. The molecule has 2 saturated heterocycles. The van der Waals surface area contributed by atoms with E-state index in [-0.39, 0.29) is 87.3 Å². The number of phenolic OH excluding ortho intramolecular Hbond substituents is 1. The van der Waals surface area contributed by atoms with Crippen molar-refractivity contribution in [3.63, 3.8) is 0 Å². The molecular formula is C72H107N17O16S2. The number of hydrogen-bond donors (Lipinski definition) is 18. The van der Waals surface area contributed by atoms with Gasteiger partial charge in [0.05, 0.1) is 31.8 Å². The monoisotopic (exact) mass is 1530 g/mol. The minimum absolute atomic E-state index is 0.0272. The van der Waals surface area contributed by atoms with E-state index in [4.69, 9.17) is 17.2 Å². The number of benzene rings is 3. The molecule has 2 aliphatic rings. The highest BCUT2D eigenvalue weighted by atomic mass is 32.1. The number of hydrogen-bond acceptors (Lipinski definition) is 20. The Bertz CT molecular complexity index is 3550. The lowest BCUT2D eigenvalue weighted by Crippen LogP contribution is -2.63. The first-order valence-electron chi connectivity index (χ1n) is 35.7. The standard InChI is InChI=1S/C72H107N17O16S2/c1-41(2)31-55(66(100)83-52(34-45-24-26-47(91)27-25-45)69(103)89-30-16-23-54(89)65(99)84-53(40-106)70(104)105)88(7)58(94)39-87(6)57(93)38-79-62(96)49(32-43-17-10-8-11-18-43)82-63(97)50(35-46-21-14-28-76-36-46)80-56(92)37-78-67(101)59(42(3)90)85-68(102)60(72(4,5)107)86-64(98)51(33-44-19-12-9-13-20-44)81-61(95)48(73)22-15-29-77-71(74)75/h8-13,17-20,24-27,41-42,46,48-55,59-60,76,90-91,106-107H,14-16,21-23,28-40,73H2,1-7H3,(H,78,101)(H,79,96)(H,80,92)(H,81,95)(H,82,97)(H,83,100)(H,84,99)(H,85,102)(H,86,98)(H,104,105)(H4,74,75,77)/t42-,46?,48+,49+,50+,51+,52+,53+,54+,55+,59+,60-/m1/s1. The zero-order chi connectivity index (χ0) is 79.2. The van der Waals surface area contributed by atoms with Gasteiger partial charge < -0.3 is 100 Å². The van der Waals surface area contributed by atoms with Crippen LogP contribution in [0.2, 0.25) is 0 Å². The average molecular weight is 1530 g/mol. The molecule has 3 aromatic carbocycles. The van der Waals surface area contributed by atoms with Crippen molar-refractivity contribution in [2.24, 2.45) is 34.0 Å². The normalized spacial score (nSPS) is 17.0. The van der Waals surface area contributed by atoms with Crippen LogP contribution in [0.3, 0.4) is 0 Å². The molecule has 0 radical (unpaired) electrons. The average Bonchev–Trinajstić information content (AvgIpc) is 1.80. The number of aliphatic imine (C=N–C) groups is 1. The van der Waals surface area contributed by atoms with Crippen molar-refractivity contribution in [3.8, 4) is 5.75 Å². The maximum atomic E-state index is 14.6. The fraction of sp³-hybridized carbons (Fsp3) is 0.556. The predicted molar refractivity (Wildman–Crippen MR) is 404 cm³/mol. The minimum Gasteiger partial charge on any atom is -0.508 e. The van der Waals surface area contributed by atoms with Crippen LogP contribution in [-0.2, 0) is 81.6 Å². The number of piperidine rings is 1. The number of carbonyl (C=O) groups is 13. The van der Waals surface area contributed by atoms with Gasteiger partial charge in [-0.2, -0.15) is 25.3 Å². The molecule has 2 aliphatic heterocycles. The Labute approximate surface area is 634 Å². The lowest BCUT2D eigenvalue weighted by atomic mass is 9.91. The molecule has 0 saturated carbocycles. The van der Waals surface area contributed by atoms with Crippen LogP contribution in [0.25, 0.3) is 0 Å². The van der Waals surface area contributed by atoms with E-state index in [1.165, 1.54) is 51.9 Å². The van der Waals surface area contributed by atoms with Gasteiger partial charge in [-0.25, -0.2) is 4.79 Å². The second-order valence-corrected chi connectivity index (χ2v) is 29.5. The molecular weight excluding hydrogens is 1420 g/mol. The van der Waals surface area contributed by atoms with Crippen LogP contribution >= 0.6 is 25.3 Å². The van der Waals surface area contributed by atoms with Crippen molar-refractivity contribution >= 4 is 108 Å². The minimum atomic E-state index is -1.73. The van der Waals surface area contributed by atoms with Crippen LogP contribution in [-0.4, -0.2) is 250 Å². The molecule has 12 atom stereocenters. The highest BCUT2D eigenvalue weighted by Gasteiger charge is 2.42. The van der Waals surface area contributed by atoms with E-state index in [1.54, 1.807) is 72.8 Å². The maximum Gasteiger partial charge on any atom is 0.327 e. The summed E-state index contributed by atoms with van der Waals surface area (Å²) in [6.45, 7) is 7.31. The number of carboxylic acid groups (broad SMARTS) is 1. The van der Waals surface area contributed by atoms with Gasteiger partial charge in [0.15, 0.2) is 5.96 Å². The molecule has 33 nitrogen and oxygen atoms in total. The SMILES string of the molecule is CC(C)C[C@@H](C(=O)N[C@@H](Cc1ccc(O)cc1)C(=O)N1CCC[C@H]1C(=O)N[C@@H](CS)C(=O)O)N(C)C(=O)CN(C)C(=O)CNC(=O)[C@H](Cc1ccccc1)NC(=O)[C@H](CC1CCCNC1)NC(=O)CNC(=O)[C@@H](NC(=O)[C@@H](NC(=O)[C@H](Cc1ccccc1)NC(=O)[C@@H](N)CCCN=C(N)N)C(C)(C)S)[C@@H](C)O. The van der Waals surface area contributed by atoms with Crippen molar-refractivity contribution in [3.05, 3.63) is 102 Å². The number of phenols is 1. The van der Waals surface area contributed by atoms with Crippen LogP contribution in [0, 0.1) is 11.8 Å². The van der Waals surface area contributed by atoms with E-state index >= 15 is 0 Å². The molecule has 0 bridgehead atoms. The van der Waals surface area contributed by atoms with Gasteiger partial charge >= 0.3 is 5.97 Å². The largest absolute Gasteiger partial charge is 0.508 e. The van der Waals surface area contributed by atoms with Gasteiger partial charge in [-0.3, -0.25) is 62.5 Å². The third-order valence-electron chi connectivity index (χ3n) is 18.2.